The number of allylic oxidation sites excluding steroid dienone is 4. The van der Waals surface area contributed by atoms with E-state index in [9.17, 15) is 9.59 Å². The lowest BCUT2D eigenvalue weighted by Gasteiger charge is -2.05. The van der Waals surface area contributed by atoms with Crippen molar-refractivity contribution in [1.82, 2.24) is 0 Å². The summed E-state index contributed by atoms with van der Waals surface area (Å²) in [6.45, 7) is 7.45. The van der Waals surface area contributed by atoms with E-state index in [1.807, 2.05) is 0 Å². The molecular weight excluding hydrogens is 713 g/mol. The van der Waals surface area contributed by atoms with E-state index >= 15 is 0 Å². The summed E-state index contributed by atoms with van der Waals surface area (Å²) in [5.41, 5.74) is 0. The lowest BCUT2D eigenvalue weighted by atomic mass is 10.0. The Labute approximate surface area is 364 Å². The topological polar surface area (TPSA) is 63.6 Å². The maximum Gasteiger partial charge on any atom is 0.305 e. The van der Waals surface area contributed by atoms with Crippen LogP contribution in [0.2, 0.25) is 0 Å². The smallest absolute Gasteiger partial charge is 0.305 e. The number of unbranched alkanes of at least 4 members (excludes halogenated alkanes) is 37. The predicted molar refractivity (Wildman–Crippen MR) is 257 cm³/mol. The molecule has 0 radical (unpaired) electrons. The van der Waals surface area contributed by atoms with Gasteiger partial charge in [0.15, 0.2) is 0 Å². The molecule has 0 fully saturated rings. The molecule has 0 aliphatic rings. The number of hydrogen-bond acceptors (Lipinski definition) is 3. The van der Waals surface area contributed by atoms with E-state index in [0.29, 0.717) is 19.4 Å². The zero-order valence-electron chi connectivity index (χ0n) is 39.8. The normalized spacial score (nSPS) is 11.4. The maximum atomic E-state index is 11.9. The molecule has 0 amide bonds. The van der Waals surface area contributed by atoms with Crippen molar-refractivity contribution in [2.24, 2.45) is 0 Å². The van der Waals surface area contributed by atoms with Crippen LogP contribution in [0.3, 0.4) is 0 Å². The molecule has 0 aromatic carbocycles. The van der Waals surface area contributed by atoms with Crippen molar-refractivity contribution >= 4 is 11.9 Å². The van der Waals surface area contributed by atoms with Crippen LogP contribution < -0.4 is 0 Å². The Balaban J connectivity index is 0. The highest BCUT2D eigenvalue weighted by molar-refractivity contribution is 5.69. The molecule has 344 valence electrons. The summed E-state index contributed by atoms with van der Waals surface area (Å²) in [5.74, 6) is -0.643. The zero-order valence-corrected chi connectivity index (χ0v) is 39.8. The van der Waals surface area contributed by atoms with Crippen molar-refractivity contribution < 1.29 is 19.4 Å². The van der Waals surface area contributed by atoms with Crippen LogP contribution in [0.1, 0.15) is 303 Å². The third kappa shape index (κ3) is 58.7. The van der Waals surface area contributed by atoms with Gasteiger partial charge in [0.05, 0.1) is 6.61 Å². The summed E-state index contributed by atoms with van der Waals surface area (Å²) >= 11 is 0. The first-order valence-electron chi connectivity index (χ1n) is 26.3. The number of hydrogen-bond donors (Lipinski definition) is 1. The second kappa shape index (κ2) is 55.4. The maximum absolute atomic E-state index is 11.9. The molecule has 0 heterocycles. The second-order valence-corrected chi connectivity index (χ2v) is 17.6. The van der Waals surface area contributed by atoms with Crippen LogP contribution in [-0.4, -0.2) is 23.7 Å². The van der Waals surface area contributed by atoms with Gasteiger partial charge >= 0.3 is 11.9 Å². The Morgan fingerprint density at radius 2 is 0.569 bits per heavy atom. The standard InChI is InChI=1S/C36H70O2.C18H34O2/c1-3-5-7-9-11-13-15-17-19-21-23-25-27-29-31-33-35-38-36(37)34-32-30-28-26-24-22-20-18-16-14-12-10-8-6-4-2;1-2-3-4-5-6-7-8-9-10-11-12-13-14-15-16-17-18(19)20/h17,19H,3-16,18,20-35H2,1-2H3;9-10H,2-8,11-17H2,1H3,(H,19,20). The van der Waals surface area contributed by atoms with Gasteiger partial charge in [-0.2, -0.15) is 0 Å². The predicted octanol–water partition coefficient (Wildman–Crippen LogP) is 18.9. The number of aliphatic carboxylic acids is 1. The number of rotatable bonds is 47. The highest BCUT2D eigenvalue weighted by Gasteiger charge is 2.03. The van der Waals surface area contributed by atoms with Crippen LogP contribution >= 0.6 is 0 Å². The Hall–Kier alpha value is -1.58. The first-order valence-corrected chi connectivity index (χ1v) is 26.3. The molecule has 0 spiro atoms. The van der Waals surface area contributed by atoms with E-state index in [4.69, 9.17) is 9.84 Å². The van der Waals surface area contributed by atoms with Crippen LogP contribution in [-0.2, 0) is 14.3 Å². The number of carboxylic acid groups (broad SMARTS) is 1. The molecule has 4 nitrogen and oxygen atoms in total. The molecule has 0 saturated carbocycles. The molecule has 0 aliphatic heterocycles. The number of carbonyl (C=O) groups excluding carboxylic acids is 1. The zero-order chi connectivity index (χ0) is 42.5. The molecular formula is C54H104O4. The third-order valence-electron chi connectivity index (χ3n) is 11.6. The number of carbonyl (C=O) groups is 2. The van der Waals surface area contributed by atoms with E-state index in [0.717, 1.165) is 25.7 Å². The molecule has 0 bridgehead atoms. The van der Waals surface area contributed by atoms with Crippen molar-refractivity contribution in [1.29, 1.82) is 0 Å². The van der Waals surface area contributed by atoms with E-state index in [1.165, 1.54) is 244 Å². The highest BCUT2D eigenvalue weighted by Crippen LogP contribution is 2.15. The Bertz CT molecular complexity index is 833. The molecule has 0 aromatic rings. The van der Waals surface area contributed by atoms with Gasteiger partial charge in [-0.05, 0) is 70.6 Å². The largest absolute Gasteiger partial charge is 0.481 e. The number of ether oxygens (including phenoxy) is 1. The lowest BCUT2D eigenvalue weighted by Crippen LogP contribution is -2.05. The molecule has 0 atom stereocenters. The molecule has 0 rings (SSSR count). The van der Waals surface area contributed by atoms with Crippen molar-refractivity contribution in [2.45, 2.75) is 303 Å². The van der Waals surface area contributed by atoms with Crippen molar-refractivity contribution in [3.63, 3.8) is 0 Å². The van der Waals surface area contributed by atoms with Crippen molar-refractivity contribution in [3.05, 3.63) is 24.3 Å². The van der Waals surface area contributed by atoms with Gasteiger partial charge in [-0.25, -0.2) is 0 Å². The summed E-state index contributed by atoms with van der Waals surface area (Å²) in [7, 11) is 0. The van der Waals surface area contributed by atoms with Crippen molar-refractivity contribution in [3.8, 4) is 0 Å². The molecule has 1 N–H and O–H groups in total. The average Bonchev–Trinajstić information content (AvgIpc) is 3.22. The third-order valence-corrected chi connectivity index (χ3v) is 11.6. The highest BCUT2D eigenvalue weighted by atomic mass is 16.5. The molecule has 0 aromatic heterocycles. The minimum absolute atomic E-state index is 0.0208. The summed E-state index contributed by atoms with van der Waals surface area (Å²) < 4.78 is 5.43. The lowest BCUT2D eigenvalue weighted by molar-refractivity contribution is -0.144. The Morgan fingerprint density at radius 3 is 0.862 bits per heavy atom. The van der Waals surface area contributed by atoms with Gasteiger partial charge in [0.25, 0.3) is 0 Å². The number of esters is 1. The Morgan fingerprint density at radius 1 is 0.328 bits per heavy atom. The molecule has 4 heteroatoms. The van der Waals surface area contributed by atoms with Crippen LogP contribution in [0.5, 0.6) is 0 Å². The quantitative estimate of drug-likeness (QED) is 0.0377. The van der Waals surface area contributed by atoms with Gasteiger partial charge < -0.3 is 9.84 Å². The summed E-state index contributed by atoms with van der Waals surface area (Å²) in [5, 5.41) is 8.51. The summed E-state index contributed by atoms with van der Waals surface area (Å²) in [4.78, 5) is 22.2. The van der Waals surface area contributed by atoms with Crippen molar-refractivity contribution in [2.75, 3.05) is 6.61 Å². The summed E-state index contributed by atoms with van der Waals surface area (Å²) in [6, 6.07) is 0. The summed E-state index contributed by atoms with van der Waals surface area (Å²) in [6.07, 6.45) is 65.4. The van der Waals surface area contributed by atoms with E-state index in [-0.39, 0.29) is 5.97 Å². The first-order chi connectivity index (χ1) is 28.6. The Kier molecular flexibility index (Phi) is 55.9. The molecule has 58 heavy (non-hydrogen) atoms. The SMILES string of the molecule is CCCCCCCCC=CCCCCCCCC(=O)O.CCCCCCCCC=CCCCCCCCCOC(=O)CCCCCCCCCCCCCCCCC. The van der Waals surface area contributed by atoms with Gasteiger partial charge in [-0.1, -0.05) is 244 Å². The fourth-order valence-corrected chi connectivity index (χ4v) is 7.60. The number of carboxylic acids is 1. The second-order valence-electron chi connectivity index (χ2n) is 17.6. The first kappa shape index (κ1) is 58.5. The van der Waals surface area contributed by atoms with Gasteiger partial charge in [-0.3, -0.25) is 9.59 Å². The fourth-order valence-electron chi connectivity index (χ4n) is 7.60. The molecule has 0 aliphatic carbocycles. The van der Waals surface area contributed by atoms with Gasteiger partial charge in [0.2, 0.25) is 0 Å². The minimum Gasteiger partial charge on any atom is -0.481 e. The fraction of sp³-hybridized carbons (Fsp3) is 0.889. The van der Waals surface area contributed by atoms with E-state index in [1.54, 1.807) is 0 Å². The van der Waals surface area contributed by atoms with Crippen LogP contribution in [0, 0.1) is 0 Å². The van der Waals surface area contributed by atoms with Gasteiger partial charge in [0.1, 0.15) is 0 Å². The van der Waals surface area contributed by atoms with Crippen LogP contribution in [0.4, 0.5) is 0 Å². The minimum atomic E-state index is -0.664. The van der Waals surface area contributed by atoms with E-state index < -0.39 is 5.97 Å². The monoisotopic (exact) mass is 817 g/mol. The van der Waals surface area contributed by atoms with Gasteiger partial charge in [-0.15, -0.1) is 0 Å². The molecule has 0 unspecified atom stereocenters. The molecule has 0 saturated heterocycles. The van der Waals surface area contributed by atoms with Crippen LogP contribution in [0.15, 0.2) is 24.3 Å². The van der Waals surface area contributed by atoms with E-state index in [2.05, 4.69) is 45.1 Å². The van der Waals surface area contributed by atoms with Gasteiger partial charge in [0, 0.05) is 12.8 Å². The van der Waals surface area contributed by atoms with Crippen LogP contribution in [0.25, 0.3) is 0 Å². The average molecular weight is 817 g/mol.